The van der Waals surface area contributed by atoms with Gasteiger partial charge in [0.2, 0.25) is 0 Å². The van der Waals surface area contributed by atoms with E-state index < -0.39 is 0 Å². The Morgan fingerprint density at radius 1 is 1.36 bits per heavy atom. The van der Waals surface area contributed by atoms with Gasteiger partial charge in [-0.1, -0.05) is 13.8 Å². The maximum absolute atomic E-state index is 5.39. The molecule has 2 atom stereocenters. The summed E-state index contributed by atoms with van der Waals surface area (Å²) in [5, 5.41) is 7.20. The smallest absolute Gasteiger partial charge is 0.0620 e. The zero-order chi connectivity index (χ0) is 10.0. The zero-order valence-electron chi connectivity index (χ0n) is 9.31. The van der Waals surface area contributed by atoms with Crippen molar-refractivity contribution in [3.63, 3.8) is 0 Å². The van der Waals surface area contributed by atoms with Crippen LogP contribution < -0.4 is 10.6 Å². The van der Waals surface area contributed by atoms with Crippen LogP contribution in [0.1, 0.15) is 26.7 Å². The molecule has 0 amide bonds. The van der Waals surface area contributed by atoms with E-state index in [0.717, 1.165) is 26.3 Å². The number of rotatable bonds is 2. The molecule has 0 bridgehead atoms. The molecule has 82 valence electrons. The lowest BCUT2D eigenvalue weighted by Gasteiger charge is -2.40. The van der Waals surface area contributed by atoms with Gasteiger partial charge in [-0.25, -0.2) is 0 Å². The van der Waals surface area contributed by atoms with E-state index in [2.05, 4.69) is 24.5 Å². The second kappa shape index (κ2) is 4.17. The first kappa shape index (κ1) is 10.4. The first-order valence-corrected chi connectivity index (χ1v) is 5.73. The Morgan fingerprint density at radius 2 is 2.21 bits per heavy atom. The van der Waals surface area contributed by atoms with Crippen molar-refractivity contribution in [2.75, 3.05) is 26.3 Å². The van der Waals surface area contributed by atoms with E-state index in [1.54, 1.807) is 0 Å². The van der Waals surface area contributed by atoms with Crippen molar-refractivity contribution in [2.24, 2.45) is 5.41 Å². The highest BCUT2D eigenvalue weighted by Gasteiger charge is 2.33. The van der Waals surface area contributed by atoms with Gasteiger partial charge >= 0.3 is 0 Å². The van der Waals surface area contributed by atoms with Crippen molar-refractivity contribution in [1.29, 1.82) is 0 Å². The Bertz CT molecular complexity index is 188. The minimum atomic E-state index is 0.376. The van der Waals surface area contributed by atoms with Crippen LogP contribution in [0.5, 0.6) is 0 Å². The van der Waals surface area contributed by atoms with Gasteiger partial charge in [0.25, 0.3) is 0 Å². The molecule has 3 heteroatoms. The van der Waals surface area contributed by atoms with Gasteiger partial charge in [-0.3, -0.25) is 0 Å². The average molecular weight is 198 g/mol. The Kier molecular flexibility index (Phi) is 3.10. The first-order chi connectivity index (χ1) is 6.68. The summed E-state index contributed by atoms with van der Waals surface area (Å²) in [6, 6.07) is 1.24. The summed E-state index contributed by atoms with van der Waals surface area (Å²) >= 11 is 0. The fourth-order valence-electron chi connectivity index (χ4n) is 2.43. The van der Waals surface area contributed by atoms with Crippen LogP contribution in [0.25, 0.3) is 0 Å². The lowest BCUT2D eigenvalue weighted by Crippen LogP contribution is -2.55. The van der Waals surface area contributed by atoms with Gasteiger partial charge in [0.1, 0.15) is 0 Å². The molecular weight excluding hydrogens is 176 g/mol. The Hall–Kier alpha value is -0.120. The van der Waals surface area contributed by atoms with Gasteiger partial charge in [-0.05, 0) is 24.8 Å². The molecule has 0 radical (unpaired) electrons. The van der Waals surface area contributed by atoms with Gasteiger partial charge in [0.15, 0.2) is 0 Å². The largest absolute Gasteiger partial charge is 0.380 e. The van der Waals surface area contributed by atoms with E-state index in [9.17, 15) is 0 Å². The van der Waals surface area contributed by atoms with E-state index in [1.807, 2.05) is 0 Å². The molecule has 2 aliphatic heterocycles. The Morgan fingerprint density at radius 3 is 2.86 bits per heavy atom. The Labute approximate surface area is 86.6 Å². The molecule has 2 unspecified atom stereocenters. The van der Waals surface area contributed by atoms with Crippen molar-refractivity contribution in [3.8, 4) is 0 Å². The molecule has 0 saturated carbocycles. The zero-order valence-corrected chi connectivity index (χ0v) is 9.31. The third-order valence-corrected chi connectivity index (χ3v) is 3.50. The van der Waals surface area contributed by atoms with Gasteiger partial charge in [-0.15, -0.1) is 0 Å². The van der Waals surface area contributed by atoms with Crippen molar-refractivity contribution < 1.29 is 4.74 Å². The summed E-state index contributed by atoms with van der Waals surface area (Å²) in [4.78, 5) is 0. The predicted octanol–water partition coefficient (Wildman–Crippen LogP) is 0.753. The van der Waals surface area contributed by atoms with Crippen molar-refractivity contribution in [2.45, 2.75) is 38.8 Å². The number of hydrogen-bond acceptors (Lipinski definition) is 3. The fourth-order valence-corrected chi connectivity index (χ4v) is 2.43. The van der Waals surface area contributed by atoms with Gasteiger partial charge in [0, 0.05) is 25.2 Å². The van der Waals surface area contributed by atoms with Crippen LogP contribution >= 0.6 is 0 Å². The van der Waals surface area contributed by atoms with Crippen molar-refractivity contribution >= 4 is 0 Å². The second-order valence-corrected chi connectivity index (χ2v) is 5.23. The molecule has 0 aromatic rings. The van der Waals surface area contributed by atoms with Gasteiger partial charge in [-0.2, -0.15) is 0 Å². The third-order valence-electron chi connectivity index (χ3n) is 3.50. The van der Waals surface area contributed by atoms with Gasteiger partial charge < -0.3 is 15.4 Å². The summed E-state index contributed by atoms with van der Waals surface area (Å²) in [7, 11) is 0. The van der Waals surface area contributed by atoms with Crippen LogP contribution in [0.4, 0.5) is 0 Å². The summed E-state index contributed by atoms with van der Waals surface area (Å²) in [5.41, 5.74) is 0.376. The molecule has 2 heterocycles. The lowest BCUT2D eigenvalue weighted by atomic mass is 9.79. The number of piperidine rings is 1. The number of ether oxygens (including phenoxy) is 1. The quantitative estimate of drug-likeness (QED) is 0.687. The monoisotopic (exact) mass is 198 g/mol. The average Bonchev–Trinajstić information content (AvgIpc) is 2.61. The topological polar surface area (TPSA) is 33.3 Å². The van der Waals surface area contributed by atoms with Crippen molar-refractivity contribution in [3.05, 3.63) is 0 Å². The Balaban J connectivity index is 1.88. The molecule has 2 saturated heterocycles. The highest BCUT2D eigenvalue weighted by Crippen LogP contribution is 2.26. The van der Waals surface area contributed by atoms with Crippen molar-refractivity contribution in [1.82, 2.24) is 10.6 Å². The molecule has 14 heavy (non-hydrogen) atoms. The molecule has 0 aliphatic carbocycles. The number of hydrogen-bond donors (Lipinski definition) is 2. The standard InChI is InChI=1S/C11H22N2O/c1-11(2)8-12-5-3-10(11)13-9-4-6-14-7-9/h9-10,12-13H,3-8H2,1-2H3. The summed E-state index contributed by atoms with van der Waals surface area (Å²) < 4.78 is 5.39. The molecule has 0 spiro atoms. The predicted molar refractivity (Wildman–Crippen MR) is 57.4 cm³/mol. The molecule has 2 aliphatic rings. The van der Waals surface area contributed by atoms with Crippen LogP contribution in [-0.2, 0) is 4.74 Å². The van der Waals surface area contributed by atoms with Crippen LogP contribution in [0, 0.1) is 5.41 Å². The highest BCUT2D eigenvalue weighted by molar-refractivity contribution is 4.92. The normalized spacial score (nSPS) is 37.3. The van der Waals surface area contributed by atoms with Gasteiger partial charge in [0.05, 0.1) is 6.61 Å². The molecule has 2 rings (SSSR count). The summed E-state index contributed by atoms with van der Waals surface area (Å²) in [5.74, 6) is 0. The van der Waals surface area contributed by atoms with E-state index >= 15 is 0 Å². The van der Waals surface area contributed by atoms with Crippen LogP contribution in [0.2, 0.25) is 0 Å². The second-order valence-electron chi connectivity index (χ2n) is 5.23. The van der Waals surface area contributed by atoms with Crippen LogP contribution in [0.3, 0.4) is 0 Å². The summed E-state index contributed by atoms with van der Waals surface area (Å²) in [6.45, 7) is 8.79. The van der Waals surface area contributed by atoms with E-state index in [1.165, 1.54) is 12.8 Å². The number of nitrogens with one attached hydrogen (secondary N) is 2. The van der Waals surface area contributed by atoms with Crippen LogP contribution in [-0.4, -0.2) is 38.4 Å². The van der Waals surface area contributed by atoms with E-state index in [0.29, 0.717) is 17.5 Å². The molecule has 3 nitrogen and oxygen atoms in total. The van der Waals surface area contributed by atoms with Crippen LogP contribution in [0.15, 0.2) is 0 Å². The van der Waals surface area contributed by atoms with E-state index in [4.69, 9.17) is 4.74 Å². The molecule has 0 aromatic carbocycles. The lowest BCUT2D eigenvalue weighted by molar-refractivity contribution is 0.154. The van der Waals surface area contributed by atoms with E-state index in [-0.39, 0.29) is 0 Å². The maximum atomic E-state index is 5.39. The SMILES string of the molecule is CC1(C)CNCCC1NC1CCOC1. The first-order valence-electron chi connectivity index (χ1n) is 5.73. The minimum Gasteiger partial charge on any atom is -0.380 e. The fraction of sp³-hybridized carbons (Fsp3) is 1.00. The molecule has 2 fully saturated rings. The highest BCUT2D eigenvalue weighted by atomic mass is 16.5. The summed E-state index contributed by atoms with van der Waals surface area (Å²) in [6.07, 6.45) is 2.42. The molecule has 0 aromatic heterocycles. The maximum Gasteiger partial charge on any atom is 0.0620 e. The molecule has 2 N–H and O–H groups in total. The molecular formula is C11H22N2O. The third kappa shape index (κ3) is 2.27. The minimum absolute atomic E-state index is 0.376.